The molecule has 0 radical (unpaired) electrons. The maximum Gasteiger partial charge on any atom is 0.408 e. The molecule has 116 valence electrons. The molecule has 21 heavy (non-hydrogen) atoms. The van der Waals surface area contributed by atoms with E-state index < -0.39 is 29.5 Å². The second-order valence-electron chi connectivity index (χ2n) is 5.30. The van der Waals surface area contributed by atoms with E-state index in [-0.39, 0.29) is 6.61 Å². The second-order valence-corrected chi connectivity index (χ2v) is 5.30. The molecule has 0 saturated heterocycles. The van der Waals surface area contributed by atoms with Gasteiger partial charge in [0.1, 0.15) is 23.8 Å². The minimum absolute atomic E-state index is 0.300. The van der Waals surface area contributed by atoms with Gasteiger partial charge in [-0.3, -0.25) is 0 Å². The number of carboxylic acid groups (broad SMARTS) is 1. The molecule has 0 fully saturated rings. The molecule has 1 aromatic rings. The molecule has 0 saturated carbocycles. The van der Waals surface area contributed by atoms with E-state index >= 15 is 0 Å². The highest BCUT2D eigenvalue weighted by Gasteiger charge is 2.24. The average molecular weight is 299 g/mol. The normalized spacial score (nSPS) is 12.4. The number of ether oxygens (including phenoxy) is 2. The number of carbonyl (C=O) groups is 2. The number of halogens is 1. The van der Waals surface area contributed by atoms with Crippen LogP contribution < -0.4 is 10.1 Å². The van der Waals surface area contributed by atoms with Crippen molar-refractivity contribution < 1.29 is 28.6 Å². The minimum Gasteiger partial charge on any atom is -0.491 e. The van der Waals surface area contributed by atoms with Crippen LogP contribution in [0, 0.1) is 5.82 Å². The van der Waals surface area contributed by atoms with Crippen LogP contribution in [0.3, 0.4) is 0 Å². The van der Waals surface area contributed by atoms with Crippen molar-refractivity contribution in [3.8, 4) is 5.75 Å². The monoisotopic (exact) mass is 299 g/mol. The molecule has 0 bridgehead atoms. The Kier molecular flexibility index (Phi) is 5.52. The van der Waals surface area contributed by atoms with Gasteiger partial charge in [-0.1, -0.05) is 0 Å². The Hall–Kier alpha value is -2.31. The molecule has 0 unspecified atom stereocenters. The van der Waals surface area contributed by atoms with Crippen molar-refractivity contribution in [1.82, 2.24) is 5.32 Å². The standard InChI is InChI=1S/C14H18FNO5/c1-14(2,3)21-13(19)16-11(12(17)18)8-20-10-6-4-9(15)5-7-10/h4-7,11H,8H2,1-3H3,(H,16,19)(H,17,18)/t11-/m1/s1. The molecule has 0 aliphatic carbocycles. The molecular formula is C14H18FNO5. The fraction of sp³-hybridized carbons (Fsp3) is 0.429. The molecule has 6 nitrogen and oxygen atoms in total. The van der Waals surface area contributed by atoms with Crippen LogP contribution in [-0.2, 0) is 9.53 Å². The summed E-state index contributed by atoms with van der Waals surface area (Å²) < 4.78 is 22.9. The second kappa shape index (κ2) is 6.92. The zero-order chi connectivity index (χ0) is 16.0. The zero-order valence-electron chi connectivity index (χ0n) is 12.1. The first kappa shape index (κ1) is 16.7. The van der Waals surface area contributed by atoms with Gasteiger partial charge in [0.05, 0.1) is 0 Å². The lowest BCUT2D eigenvalue weighted by Crippen LogP contribution is -2.46. The number of alkyl carbamates (subject to hydrolysis) is 1. The molecule has 2 N–H and O–H groups in total. The van der Waals surface area contributed by atoms with E-state index in [4.69, 9.17) is 14.6 Å². The molecule has 1 atom stereocenters. The number of carboxylic acids is 1. The maximum atomic E-state index is 12.7. The van der Waals surface area contributed by atoms with Gasteiger partial charge in [-0.05, 0) is 45.0 Å². The van der Waals surface area contributed by atoms with E-state index in [1.54, 1.807) is 20.8 Å². The summed E-state index contributed by atoms with van der Waals surface area (Å²) in [5.41, 5.74) is -0.731. The Morgan fingerprint density at radius 2 is 1.86 bits per heavy atom. The molecule has 0 aliphatic heterocycles. The summed E-state index contributed by atoms with van der Waals surface area (Å²) in [5.74, 6) is -1.39. The number of rotatable bonds is 5. The molecular weight excluding hydrogens is 281 g/mol. The predicted octanol–water partition coefficient (Wildman–Crippen LogP) is 2.18. The van der Waals surface area contributed by atoms with Gasteiger partial charge in [-0.15, -0.1) is 0 Å². The van der Waals surface area contributed by atoms with Crippen LogP contribution in [0.25, 0.3) is 0 Å². The van der Waals surface area contributed by atoms with Crippen LogP contribution in [0.2, 0.25) is 0 Å². The van der Waals surface area contributed by atoms with E-state index in [0.717, 1.165) is 0 Å². The molecule has 0 spiro atoms. The van der Waals surface area contributed by atoms with Gasteiger partial charge in [0.2, 0.25) is 0 Å². The summed E-state index contributed by atoms with van der Waals surface area (Å²) in [4.78, 5) is 22.6. The van der Waals surface area contributed by atoms with Crippen LogP contribution in [0.4, 0.5) is 9.18 Å². The lowest BCUT2D eigenvalue weighted by Gasteiger charge is -2.22. The summed E-state index contributed by atoms with van der Waals surface area (Å²) in [6.45, 7) is 4.69. The summed E-state index contributed by atoms with van der Waals surface area (Å²) >= 11 is 0. The van der Waals surface area contributed by atoms with Crippen LogP contribution in [0.5, 0.6) is 5.75 Å². The van der Waals surface area contributed by atoms with Gasteiger partial charge in [0.15, 0.2) is 6.04 Å². The third-order valence-electron chi connectivity index (χ3n) is 2.22. The van der Waals surface area contributed by atoms with Gasteiger partial charge in [0.25, 0.3) is 0 Å². The van der Waals surface area contributed by atoms with E-state index in [1.807, 2.05) is 0 Å². The van der Waals surface area contributed by atoms with Gasteiger partial charge in [0, 0.05) is 0 Å². The third kappa shape index (κ3) is 6.60. The van der Waals surface area contributed by atoms with Crippen molar-refractivity contribution in [2.75, 3.05) is 6.61 Å². The van der Waals surface area contributed by atoms with E-state index in [0.29, 0.717) is 5.75 Å². The van der Waals surface area contributed by atoms with Gasteiger partial charge >= 0.3 is 12.1 Å². The maximum absolute atomic E-state index is 12.7. The Labute approximate surface area is 121 Å². The number of benzene rings is 1. The summed E-state index contributed by atoms with van der Waals surface area (Å²) in [6, 6.07) is 3.83. The van der Waals surface area contributed by atoms with Gasteiger partial charge < -0.3 is 19.9 Å². The predicted molar refractivity (Wildman–Crippen MR) is 72.7 cm³/mol. The van der Waals surface area contributed by atoms with E-state index in [9.17, 15) is 14.0 Å². The summed E-state index contributed by atoms with van der Waals surface area (Å²) in [7, 11) is 0. The number of hydrogen-bond acceptors (Lipinski definition) is 4. The van der Waals surface area contributed by atoms with Crippen molar-refractivity contribution in [3.05, 3.63) is 30.1 Å². The molecule has 1 rings (SSSR count). The molecule has 0 aliphatic rings. The van der Waals surface area contributed by atoms with Crippen molar-refractivity contribution in [1.29, 1.82) is 0 Å². The SMILES string of the molecule is CC(C)(C)OC(=O)N[C@H](COc1ccc(F)cc1)C(=O)O. The Balaban J connectivity index is 2.56. The van der Waals surface area contributed by atoms with Crippen molar-refractivity contribution in [2.24, 2.45) is 0 Å². The highest BCUT2D eigenvalue weighted by Crippen LogP contribution is 2.11. The zero-order valence-corrected chi connectivity index (χ0v) is 12.1. The highest BCUT2D eigenvalue weighted by atomic mass is 19.1. The smallest absolute Gasteiger partial charge is 0.408 e. The van der Waals surface area contributed by atoms with Crippen molar-refractivity contribution >= 4 is 12.1 Å². The van der Waals surface area contributed by atoms with Crippen molar-refractivity contribution in [3.63, 3.8) is 0 Å². The Morgan fingerprint density at radius 3 is 2.33 bits per heavy atom. The first-order valence-electron chi connectivity index (χ1n) is 6.28. The van der Waals surface area contributed by atoms with Gasteiger partial charge in [-0.25, -0.2) is 14.0 Å². The lowest BCUT2D eigenvalue weighted by atomic mass is 10.2. The molecule has 1 amide bonds. The lowest BCUT2D eigenvalue weighted by molar-refractivity contribution is -0.140. The average Bonchev–Trinajstić information content (AvgIpc) is 2.33. The Bertz CT molecular complexity index is 495. The number of amides is 1. The summed E-state index contributed by atoms with van der Waals surface area (Å²) in [6.07, 6.45) is -0.849. The van der Waals surface area contributed by atoms with Crippen LogP contribution in [0.15, 0.2) is 24.3 Å². The topological polar surface area (TPSA) is 84.9 Å². The van der Waals surface area contributed by atoms with Crippen molar-refractivity contribution in [2.45, 2.75) is 32.4 Å². The number of carbonyl (C=O) groups excluding carboxylic acids is 1. The largest absolute Gasteiger partial charge is 0.491 e. The number of hydrogen-bond donors (Lipinski definition) is 2. The van der Waals surface area contributed by atoms with E-state index in [1.165, 1.54) is 24.3 Å². The molecule has 0 aromatic heterocycles. The fourth-order valence-electron chi connectivity index (χ4n) is 1.33. The first-order valence-corrected chi connectivity index (χ1v) is 6.28. The van der Waals surface area contributed by atoms with Gasteiger partial charge in [-0.2, -0.15) is 0 Å². The summed E-state index contributed by atoms with van der Waals surface area (Å²) in [5, 5.41) is 11.2. The minimum atomic E-state index is -1.27. The third-order valence-corrected chi connectivity index (χ3v) is 2.22. The fourth-order valence-corrected chi connectivity index (χ4v) is 1.33. The van der Waals surface area contributed by atoms with Crippen LogP contribution >= 0.6 is 0 Å². The highest BCUT2D eigenvalue weighted by molar-refractivity contribution is 5.80. The molecule has 0 heterocycles. The number of nitrogens with one attached hydrogen (secondary N) is 1. The van der Waals surface area contributed by atoms with E-state index in [2.05, 4.69) is 5.32 Å². The van der Waals surface area contributed by atoms with Crippen LogP contribution in [-0.4, -0.2) is 35.4 Å². The van der Waals surface area contributed by atoms with Crippen LogP contribution in [0.1, 0.15) is 20.8 Å². The number of aliphatic carboxylic acids is 1. The molecule has 7 heteroatoms. The first-order chi connectivity index (χ1) is 9.67. The quantitative estimate of drug-likeness (QED) is 0.870. The molecule has 1 aromatic carbocycles. The Morgan fingerprint density at radius 1 is 1.29 bits per heavy atom.